The maximum Gasteiger partial charge on any atom is 0.223 e. The zero-order valence-corrected chi connectivity index (χ0v) is 25.0. The van der Waals surface area contributed by atoms with Gasteiger partial charge in [0.15, 0.2) is 14.1 Å². The molecule has 0 bridgehead atoms. The Balaban J connectivity index is 1.38. The molecule has 0 N–H and O–H groups in total. The van der Waals surface area contributed by atoms with Crippen molar-refractivity contribution in [3.05, 3.63) is 101 Å². The molecule has 6 heteroatoms. The summed E-state index contributed by atoms with van der Waals surface area (Å²) >= 11 is 0. The summed E-state index contributed by atoms with van der Waals surface area (Å²) in [6.07, 6.45) is 4.51. The molecule has 0 saturated carbocycles. The van der Waals surface area contributed by atoms with E-state index in [-0.39, 0.29) is 17.1 Å². The third-order valence-corrected chi connectivity index (χ3v) is 12.7. The van der Waals surface area contributed by atoms with E-state index in [9.17, 15) is 0 Å². The number of aryl methyl sites for hydroxylation is 2. The second-order valence-electron chi connectivity index (χ2n) is 12.2. The van der Waals surface area contributed by atoms with Gasteiger partial charge >= 0.3 is 0 Å². The average Bonchev–Trinajstić information content (AvgIpc) is 3.40. The fourth-order valence-corrected chi connectivity index (χ4v) is 6.19. The molecule has 2 unspecified atom stereocenters. The highest BCUT2D eigenvalue weighted by Gasteiger charge is 2.43. The van der Waals surface area contributed by atoms with E-state index >= 15 is 0 Å². The molecule has 1 aliphatic rings. The maximum atomic E-state index is 7.06. The zero-order valence-electron chi connectivity index (χ0n) is 24.0. The van der Waals surface area contributed by atoms with Gasteiger partial charge in [0.1, 0.15) is 24.2 Å². The lowest BCUT2D eigenvalue weighted by atomic mass is 9.81. The molecular formula is C33H40N2O3Si. The molecule has 1 aliphatic carbocycles. The van der Waals surface area contributed by atoms with Crippen LogP contribution in [0.15, 0.2) is 77.3 Å². The molecule has 0 fully saturated rings. The minimum absolute atomic E-state index is 0.0797. The quantitative estimate of drug-likeness (QED) is 0.210. The summed E-state index contributed by atoms with van der Waals surface area (Å²) in [6.45, 7) is 14.0. The van der Waals surface area contributed by atoms with Gasteiger partial charge in [-0.3, -0.25) is 0 Å². The van der Waals surface area contributed by atoms with Gasteiger partial charge in [0.2, 0.25) is 5.89 Å². The lowest BCUT2D eigenvalue weighted by Gasteiger charge is -2.41. The van der Waals surface area contributed by atoms with Gasteiger partial charge in [0.25, 0.3) is 0 Å². The molecule has 2 atom stereocenters. The van der Waals surface area contributed by atoms with Crippen LogP contribution in [0.3, 0.4) is 0 Å². The van der Waals surface area contributed by atoms with Crippen LogP contribution in [0, 0.1) is 12.8 Å². The van der Waals surface area contributed by atoms with Gasteiger partial charge in [0.05, 0.1) is 6.20 Å². The Hall–Kier alpha value is -3.22. The lowest BCUT2D eigenvalue weighted by molar-refractivity contribution is 0.0831. The van der Waals surface area contributed by atoms with Crippen molar-refractivity contribution in [1.82, 2.24) is 9.97 Å². The first-order chi connectivity index (χ1) is 18.6. The minimum atomic E-state index is -2.09. The van der Waals surface area contributed by atoms with Crippen LogP contribution in [-0.2, 0) is 23.9 Å². The first-order valence-corrected chi connectivity index (χ1v) is 16.9. The second-order valence-corrected chi connectivity index (χ2v) is 17.0. The number of nitrogens with zero attached hydrogens (tertiary/aromatic N) is 2. The highest BCUT2D eigenvalue weighted by Crippen LogP contribution is 2.45. The number of benzene rings is 2. The molecular weight excluding hydrogens is 500 g/mol. The van der Waals surface area contributed by atoms with Crippen LogP contribution >= 0.6 is 0 Å². The fourth-order valence-electron chi connectivity index (χ4n) is 4.91. The van der Waals surface area contributed by atoms with Crippen LogP contribution in [0.4, 0.5) is 0 Å². The van der Waals surface area contributed by atoms with Crippen molar-refractivity contribution in [3.8, 4) is 17.2 Å². The Morgan fingerprint density at radius 2 is 1.79 bits per heavy atom. The van der Waals surface area contributed by atoms with E-state index in [0.717, 1.165) is 36.4 Å². The third-order valence-electron chi connectivity index (χ3n) is 8.26. The lowest BCUT2D eigenvalue weighted by Crippen LogP contribution is -2.43. The van der Waals surface area contributed by atoms with Crippen molar-refractivity contribution >= 4 is 8.32 Å². The van der Waals surface area contributed by atoms with Gasteiger partial charge in [-0.15, -0.1) is 0 Å². The first kappa shape index (κ1) is 27.3. The number of pyridine rings is 1. The predicted octanol–water partition coefficient (Wildman–Crippen LogP) is 8.49. The van der Waals surface area contributed by atoms with E-state index in [4.69, 9.17) is 18.6 Å². The SMILES string of the molecule is Cc1cccc(-c2cnc(C(O[Si](C)(C)C(C)(C)C)C3CCc4cc(OCc5ccccc5)ccc4C3)o2)n1. The van der Waals surface area contributed by atoms with Crippen molar-refractivity contribution in [1.29, 1.82) is 0 Å². The zero-order chi connectivity index (χ0) is 27.6. The van der Waals surface area contributed by atoms with E-state index in [0.29, 0.717) is 18.3 Å². The Bertz CT molecular complexity index is 1410. The van der Waals surface area contributed by atoms with Gasteiger partial charge in [-0.25, -0.2) is 9.97 Å². The monoisotopic (exact) mass is 540 g/mol. The smallest absolute Gasteiger partial charge is 0.223 e. The molecule has 2 aromatic heterocycles. The van der Waals surface area contributed by atoms with Crippen LogP contribution in [0.5, 0.6) is 5.75 Å². The fraction of sp³-hybridized carbons (Fsp3) is 0.394. The summed E-state index contributed by atoms with van der Waals surface area (Å²) in [5.41, 5.74) is 5.65. The molecule has 204 valence electrons. The van der Waals surface area contributed by atoms with Gasteiger partial charge < -0.3 is 13.6 Å². The molecule has 0 amide bonds. The third kappa shape index (κ3) is 6.34. The summed E-state index contributed by atoms with van der Waals surface area (Å²) in [4.78, 5) is 9.39. The number of hydrogen-bond acceptors (Lipinski definition) is 5. The van der Waals surface area contributed by atoms with Crippen LogP contribution in [0.2, 0.25) is 18.1 Å². The van der Waals surface area contributed by atoms with E-state index in [1.54, 1.807) is 6.20 Å². The number of rotatable bonds is 8. The van der Waals surface area contributed by atoms with E-state index in [2.05, 4.69) is 69.2 Å². The molecule has 2 aromatic carbocycles. The molecule has 39 heavy (non-hydrogen) atoms. The summed E-state index contributed by atoms with van der Waals surface area (Å²) < 4.78 is 19.6. The first-order valence-electron chi connectivity index (χ1n) is 14.0. The summed E-state index contributed by atoms with van der Waals surface area (Å²) in [5.74, 6) is 2.55. The van der Waals surface area contributed by atoms with Gasteiger partial charge in [-0.2, -0.15) is 0 Å². The summed E-state index contributed by atoms with van der Waals surface area (Å²) in [5, 5.41) is 0.0797. The van der Waals surface area contributed by atoms with E-state index in [1.165, 1.54) is 16.7 Å². The Morgan fingerprint density at radius 1 is 1.00 bits per heavy atom. The Labute approximate surface area is 233 Å². The van der Waals surface area contributed by atoms with Crippen molar-refractivity contribution in [3.63, 3.8) is 0 Å². The second kappa shape index (κ2) is 11.1. The molecule has 5 rings (SSSR count). The van der Waals surface area contributed by atoms with Gasteiger partial charge in [-0.1, -0.05) is 63.2 Å². The molecule has 0 aliphatic heterocycles. The highest BCUT2D eigenvalue weighted by molar-refractivity contribution is 6.74. The maximum absolute atomic E-state index is 7.06. The molecule has 2 heterocycles. The number of ether oxygens (including phenoxy) is 1. The van der Waals surface area contributed by atoms with Gasteiger partial charge in [0, 0.05) is 5.69 Å². The number of oxazole rings is 1. The predicted molar refractivity (Wildman–Crippen MR) is 158 cm³/mol. The molecule has 0 radical (unpaired) electrons. The molecule has 4 aromatic rings. The van der Waals surface area contributed by atoms with Crippen LogP contribution in [0.1, 0.15) is 61.6 Å². The topological polar surface area (TPSA) is 57.4 Å². The highest BCUT2D eigenvalue weighted by atomic mass is 28.4. The minimum Gasteiger partial charge on any atom is -0.489 e. The molecule has 0 spiro atoms. The molecule has 0 saturated heterocycles. The summed E-state index contributed by atoms with van der Waals surface area (Å²) in [6, 6.07) is 22.8. The normalized spacial score (nSPS) is 16.5. The van der Waals surface area contributed by atoms with Gasteiger partial charge in [-0.05, 0) is 91.2 Å². The van der Waals surface area contributed by atoms with Crippen LogP contribution < -0.4 is 4.74 Å². The largest absolute Gasteiger partial charge is 0.489 e. The average molecular weight is 541 g/mol. The number of aromatic nitrogens is 2. The van der Waals surface area contributed by atoms with Crippen LogP contribution in [0.25, 0.3) is 11.5 Å². The standard InChI is InChI=1S/C33H40N2O3Si/c1-23-11-10-14-29(35-23)30-21-34-32(37-30)31(38-39(5,6)33(2,3)4)27-16-15-26-20-28(18-17-25(26)19-27)36-22-24-12-8-7-9-13-24/h7-14,17-18,20-21,27,31H,15-16,19,22H2,1-6H3. The number of hydrogen-bond donors (Lipinski definition) is 0. The van der Waals surface area contributed by atoms with Crippen LogP contribution in [-0.4, -0.2) is 18.3 Å². The van der Waals surface area contributed by atoms with Crippen molar-refractivity contribution in [2.24, 2.45) is 5.92 Å². The van der Waals surface area contributed by atoms with Crippen molar-refractivity contribution < 1.29 is 13.6 Å². The van der Waals surface area contributed by atoms with E-state index < -0.39 is 8.32 Å². The van der Waals surface area contributed by atoms with E-state index in [1.807, 2.05) is 43.3 Å². The number of fused-ring (bicyclic) bond motifs is 1. The van der Waals surface area contributed by atoms with Crippen molar-refractivity contribution in [2.75, 3.05) is 0 Å². The molecule has 5 nitrogen and oxygen atoms in total. The Morgan fingerprint density at radius 3 is 2.54 bits per heavy atom. The summed E-state index contributed by atoms with van der Waals surface area (Å²) in [7, 11) is -2.09. The van der Waals surface area contributed by atoms with Crippen molar-refractivity contribution in [2.45, 2.75) is 77.8 Å². The Kier molecular flexibility index (Phi) is 7.79.